The van der Waals surface area contributed by atoms with Crippen LogP contribution in [-0.4, -0.2) is 55.8 Å². The zero-order chi connectivity index (χ0) is 24.9. The van der Waals surface area contributed by atoms with Crippen molar-refractivity contribution in [1.82, 2.24) is 15.4 Å². The summed E-state index contributed by atoms with van der Waals surface area (Å²) in [4.78, 5) is 19.7. The lowest BCUT2D eigenvalue weighted by Crippen LogP contribution is -2.55. The number of piperidine rings is 1. The largest absolute Gasteiger partial charge is 0.389 e. The van der Waals surface area contributed by atoms with Crippen LogP contribution >= 0.6 is 0 Å². The molecule has 10 heteroatoms. The number of aryl methyl sites for hydroxylation is 2. The van der Waals surface area contributed by atoms with Gasteiger partial charge in [-0.1, -0.05) is 19.1 Å². The van der Waals surface area contributed by atoms with E-state index in [-0.39, 0.29) is 6.42 Å². The zero-order valence-electron chi connectivity index (χ0n) is 19.3. The number of aromatic nitrogens is 1. The first-order chi connectivity index (χ1) is 16.1. The normalized spacial score (nSPS) is 17.4. The standard InChI is InChI=1S/C24H30F3N3O3S/c1-3-30-13-11-23(12-14-30,22(31)29-32)34(33)19-7-8-20(17(2)15-19)21-9-6-18(16-28-21)5-4-10-24(25,26)27/h6-9,15-16,32H,3-5,10-14H2,1-2H3,(H,29,31). The molecule has 1 saturated heterocycles. The number of amides is 1. The summed E-state index contributed by atoms with van der Waals surface area (Å²) in [6.45, 7) is 5.96. The number of carbonyl (C=O) groups excluding carboxylic acids is 1. The van der Waals surface area contributed by atoms with E-state index in [4.69, 9.17) is 0 Å². The third-order valence-electron chi connectivity index (χ3n) is 6.42. The maximum absolute atomic E-state index is 13.6. The highest BCUT2D eigenvalue weighted by Gasteiger charge is 2.47. The van der Waals surface area contributed by atoms with Crippen LogP contribution in [-0.2, 0) is 22.0 Å². The lowest BCUT2D eigenvalue weighted by molar-refractivity contribution is -0.135. The molecule has 1 atom stereocenters. The fourth-order valence-corrected chi connectivity index (χ4v) is 6.01. The van der Waals surface area contributed by atoms with Gasteiger partial charge in [-0.05, 0) is 68.5 Å². The molecular formula is C24H30F3N3O3S. The van der Waals surface area contributed by atoms with Crippen molar-refractivity contribution >= 4 is 16.7 Å². The van der Waals surface area contributed by atoms with Gasteiger partial charge in [-0.25, -0.2) is 5.48 Å². The second kappa shape index (κ2) is 11.0. The molecule has 0 radical (unpaired) electrons. The number of carbonyl (C=O) groups is 1. The smallest absolute Gasteiger partial charge is 0.303 e. The van der Waals surface area contributed by atoms with Gasteiger partial charge in [0.05, 0.1) is 16.5 Å². The Morgan fingerprint density at radius 1 is 1.24 bits per heavy atom. The fraction of sp³-hybridized carbons (Fsp3) is 0.500. The first-order valence-electron chi connectivity index (χ1n) is 11.3. The minimum Gasteiger partial charge on any atom is -0.303 e. The lowest BCUT2D eigenvalue weighted by atomic mass is 9.95. The van der Waals surface area contributed by atoms with Gasteiger partial charge < -0.3 is 4.90 Å². The van der Waals surface area contributed by atoms with Crippen LogP contribution in [0.1, 0.15) is 43.7 Å². The summed E-state index contributed by atoms with van der Waals surface area (Å²) < 4.78 is 49.4. The van der Waals surface area contributed by atoms with E-state index in [1.54, 1.807) is 42.0 Å². The first-order valence-corrected chi connectivity index (χ1v) is 12.5. The van der Waals surface area contributed by atoms with E-state index in [0.29, 0.717) is 42.9 Å². The van der Waals surface area contributed by atoms with E-state index < -0.39 is 34.1 Å². The summed E-state index contributed by atoms with van der Waals surface area (Å²) in [5.74, 6) is -0.633. The van der Waals surface area contributed by atoms with Crippen LogP contribution in [0.4, 0.5) is 13.2 Å². The predicted molar refractivity (Wildman–Crippen MR) is 124 cm³/mol. The van der Waals surface area contributed by atoms with Crippen molar-refractivity contribution in [2.75, 3.05) is 19.6 Å². The van der Waals surface area contributed by atoms with Crippen molar-refractivity contribution in [3.8, 4) is 11.3 Å². The van der Waals surface area contributed by atoms with Crippen molar-refractivity contribution in [2.45, 2.75) is 61.8 Å². The molecule has 0 bridgehead atoms. The topological polar surface area (TPSA) is 82.5 Å². The number of benzene rings is 1. The van der Waals surface area contributed by atoms with Crippen molar-refractivity contribution in [2.24, 2.45) is 0 Å². The lowest BCUT2D eigenvalue weighted by Gasteiger charge is -2.38. The van der Waals surface area contributed by atoms with Gasteiger partial charge in [0.2, 0.25) is 0 Å². The number of rotatable bonds is 8. The van der Waals surface area contributed by atoms with E-state index in [1.807, 2.05) is 13.8 Å². The van der Waals surface area contributed by atoms with E-state index >= 15 is 0 Å². The van der Waals surface area contributed by atoms with Gasteiger partial charge in [0, 0.05) is 36.2 Å². The second-order valence-electron chi connectivity index (χ2n) is 8.64. The van der Waals surface area contributed by atoms with Gasteiger partial charge in [-0.3, -0.25) is 19.2 Å². The molecule has 0 saturated carbocycles. The zero-order valence-corrected chi connectivity index (χ0v) is 20.1. The second-order valence-corrected chi connectivity index (χ2v) is 10.4. The Labute approximate surface area is 200 Å². The predicted octanol–water partition coefficient (Wildman–Crippen LogP) is 4.41. The molecule has 1 aromatic carbocycles. The number of hydrogen-bond donors (Lipinski definition) is 2. The first kappa shape index (κ1) is 26.3. The summed E-state index contributed by atoms with van der Waals surface area (Å²) in [6, 6.07) is 8.80. The molecule has 34 heavy (non-hydrogen) atoms. The summed E-state index contributed by atoms with van der Waals surface area (Å²) in [6.07, 6.45) is -2.33. The van der Waals surface area contributed by atoms with Crippen LogP contribution in [0.15, 0.2) is 41.4 Å². The number of halogens is 3. The number of likely N-dealkylation sites (tertiary alicyclic amines) is 1. The Balaban J connectivity index is 1.77. The van der Waals surface area contributed by atoms with Gasteiger partial charge in [0.1, 0.15) is 4.75 Å². The van der Waals surface area contributed by atoms with Crippen LogP contribution < -0.4 is 5.48 Å². The summed E-state index contributed by atoms with van der Waals surface area (Å²) >= 11 is 0. The van der Waals surface area contributed by atoms with Crippen LogP contribution in [0.25, 0.3) is 11.3 Å². The van der Waals surface area contributed by atoms with Crippen molar-refractivity contribution < 1.29 is 27.4 Å². The molecule has 3 rings (SSSR count). The van der Waals surface area contributed by atoms with Crippen LogP contribution in [0.2, 0.25) is 0 Å². The Hall–Kier alpha value is -2.30. The molecule has 2 N–H and O–H groups in total. The molecule has 1 fully saturated rings. The summed E-state index contributed by atoms with van der Waals surface area (Å²) in [7, 11) is -1.68. The van der Waals surface area contributed by atoms with E-state index in [2.05, 4.69) is 9.88 Å². The Kier molecular flexibility index (Phi) is 8.48. The molecule has 6 nitrogen and oxygen atoms in total. The minimum absolute atomic E-state index is 0.0171. The number of nitrogens with one attached hydrogen (secondary N) is 1. The highest BCUT2D eigenvalue weighted by atomic mass is 32.2. The Morgan fingerprint density at radius 2 is 1.94 bits per heavy atom. The number of nitrogens with zero attached hydrogens (tertiary/aromatic N) is 2. The number of hydrogen-bond acceptors (Lipinski definition) is 5. The molecule has 1 aliphatic heterocycles. The van der Waals surface area contributed by atoms with Crippen LogP contribution in [0.3, 0.4) is 0 Å². The number of hydroxylamine groups is 1. The van der Waals surface area contributed by atoms with Crippen LogP contribution in [0, 0.1) is 6.92 Å². The van der Waals surface area contributed by atoms with Crippen molar-refractivity contribution in [3.63, 3.8) is 0 Å². The molecule has 1 amide bonds. The molecule has 0 spiro atoms. The average molecular weight is 498 g/mol. The maximum Gasteiger partial charge on any atom is 0.389 e. The molecular weight excluding hydrogens is 467 g/mol. The van der Waals surface area contributed by atoms with Gasteiger partial charge in [0.25, 0.3) is 5.91 Å². The van der Waals surface area contributed by atoms with Crippen molar-refractivity contribution in [3.05, 3.63) is 47.7 Å². The minimum atomic E-state index is -4.16. The maximum atomic E-state index is 13.6. The molecule has 186 valence electrons. The third-order valence-corrected chi connectivity index (χ3v) is 8.41. The van der Waals surface area contributed by atoms with Gasteiger partial charge >= 0.3 is 6.18 Å². The Morgan fingerprint density at radius 3 is 2.47 bits per heavy atom. The van der Waals surface area contributed by atoms with E-state index in [0.717, 1.165) is 23.2 Å². The highest BCUT2D eigenvalue weighted by Crippen LogP contribution is 2.34. The van der Waals surface area contributed by atoms with E-state index in [9.17, 15) is 27.4 Å². The van der Waals surface area contributed by atoms with Crippen molar-refractivity contribution in [1.29, 1.82) is 0 Å². The summed E-state index contributed by atoms with van der Waals surface area (Å²) in [5, 5.41) is 9.32. The fourth-order valence-electron chi connectivity index (χ4n) is 4.32. The Bertz CT molecular complexity index is 1020. The highest BCUT2D eigenvalue weighted by molar-refractivity contribution is 7.87. The third kappa shape index (κ3) is 6.03. The number of pyridine rings is 1. The molecule has 2 heterocycles. The SMILES string of the molecule is CCN1CCC(C(=O)NO)(S(=O)c2ccc(-c3ccc(CCCC(F)(F)F)cn3)c(C)c2)CC1. The van der Waals surface area contributed by atoms with Gasteiger partial charge in [-0.2, -0.15) is 13.2 Å². The van der Waals surface area contributed by atoms with Crippen LogP contribution in [0.5, 0.6) is 0 Å². The molecule has 1 unspecified atom stereocenters. The van der Waals surface area contributed by atoms with Gasteiger partial charge in [0.15, 0.2) is 0 Å². The molecule has 0 aliphatic carbocycles. The van der Waals surface area contributed by atoms with Gasteiger partial charge in [-0.15, -0.1) is 0 Å². The molecule has 1 aliphatic rings. The molecule has 1 aromatic heterocycles. The quantitative estimate of drug-likeness (QED) is 0.417. The monoisotopic (exact) mass is 497 g/mol. The van der Waals surface area contributed by atoms with E-state index in [1.165, 1.54) is 0 Å². The average Bonchev–Trinajstić information content (AvgIpc) is 2.82. The number of alkyl halides is 3. The molecule has 2 aromatic rings. The summed E-state index contributed by atoms with van der Waals surface area (Å²) in [5.41, 5.74) is 4.73.